The number of fused-ring (bicyclic) bond motifs is 1. The van der Waals surface area contributed by atoms with Gasteiger partial charge in [0.1, 0.15) is 11.4 Å². The maximum atomic E-state index is 11.8. The summed E-state index contributed by atoms with van der Waals surface area (Å²) in [5.74, 6) is 0.561. The largest absolute Gasteiger partial charge is 0.487 e. The van der Waals surface area contributed by atoms with Crippen LogP contribution in [0.15, 0.2) is 12.1 Å². The zero-order valence-corrected chi connectivity index (χ0v) is 9.95. The first kappa shape index (κ1) is 10.8. The molecule has 0 amide bonds. The predicted octanol–water partition coefficient (Wildman–Crippen LogP) is 3.74. The van der Waals surface area contributed by atoms with Gasteiger partial charge in [-0.2, -0.15) is 0 Å². The fourth-order valence-corrected chi connectivity index (χ4v) is 1.96. The van der Waals surface area contributed by atoms with Crippen molar-refractivity contribution < 1.29 is 9.53 Å². The van der Waals surface area contributed by atoms with E-state index in [2.05, 4.69) is 0 Å². The highest BCUT2D eigenvalue weighted by Crippen LogP contribution is 2.37. The van der Waals surface area contributed by atoms with Crippen molar-refractivity contribution in [1.82, 2.24) is 0 Å². The van der Waals surface area contributed by atoms with Gasteiger partial charge in [-0.1, -0.05) is 23.2 Å². The summed E-state index contributed by atoms with van der Waals surface area (Å²) in [4.78, 5) is 11.8. The van der Waals surface area contributed by atoms with Crippen LogP contribution in [0.5, 0.6) is 5.75 Å². The highest BCUT2D eigenvalue weighted by atomic mass is 35.5. The highest BCUT2D eigenvalue weighted by Gasteiger charge is 2.32. The Labute approximate surface area is 98.1 Å². The van der Waals surface area contributed by atoms with E-state index in [4.69, 9.17) is 27.9 Å². The fourth-order valence-electron chi connectivity index (χ4n) is 1.65. The van der Waals surface area contributed by atoms with Gasteiger partial charge < -0.3 is 4.74 Å². The molecule has 2 rings (SSSR count). The number of hydrogen-bond acceptors (Lipinski definition) is 2. The Balaban J connectivity index is 2.56. The first-order valence-corrected chi connectivity index (χ1v) is 5.36. The standard InChI is InChI=1S/C11H10Cl2O2/c1-11(2)5-9(14)6-3-7(12)8(13)4-10(6)15-11/h3-4H,5H2,1-2H3. The number of halogens is 2. The van der Waals surface area contributed by atoms with Crippen molar-refractivity contribution in [2.75, 3.05) is 0 Å². The maximum absolute atomic E-state index is 11.8. The van der Waals surface area contributed by atoms with Gasteiger partial charge in [0.2, 0.25) is 0 Å². The monoisotopic (exact) mass is 244 g/mol. The van der Waals surface area contributed by atoms with E-state index in [0.717, 1.165) is 0 Å². The van der Waals surface area contributed by atoms with Gasteiger partial charge in [0.15, 0.2) is 5.78 Å². The van der Waals surface area contributed by atoms with E-state index in [9.17, 15) is 4.79 Å². The van der Waals surface area contributed by atoms with Crippen molar-refractivity contribution in [3.05, 3.63) is 27.7 Å². The van der Waals surface area contributed by atoms with Crippen molar-refractivity contribution in [3.8, 4) is 5.75 Å². The third-order valence-electron chi connectivity index (χ3n) is 2.30. The molecule has 0 fully saturated rings. The zero-order valence-electron chi connectivity index (χ0n) is 8.43. The second-order valence-electron chi connectivity index (χ2n) is 4.22. The lowest BCUT2D eigenvalue weighted by Gasteiger charge is -2.31. The van der Waals surface area contributed by atoms with Crippen LogP contribution in [0.3, 0.4) is 0 Å². The van der Waals surface area contributed by atoms with Gasteiger partial charge in [-0.05, 0) is 19.9 Å². The van der Waals surface area contributed by atoms with Gasteiger partial charge in [0.05, 0.1) is 22.0 Å². The molecule has 0 aromatic heterocycles. The fraction of sp³-hybridized carbons (Fsp3) is 0.364. The van der Waals surface area contributed by atoms with E-state index < -0.39 is 5.60 Å². The number of ether oxygens (including phenoxy) is 1. The van der Waals surface area contributed by atoms with Crippen LogP contribution in [0, 0.1) is 0 Å². The Bertz CT molecular complexity index is 438. The van der Waals surface area contributed by atoms with Crippen molar-refractivity contribution in [3.63, 3.8) is 0 Å². The van der Waals surface area contributed by atoms with E-state index in [1.165, 1.54) is 0 Å². The quantitative estimate of drug-likeness (QED) is 0.695. The van der Waals surface area contributed by atoms with Crippen LogP contribution in [0.1, 0.15) is 30.6 Å². The molecule has 0 radical (unpaired) electrons. The van der Waals surface area contributed by atoms with Crippen LogP contribution in [0.25, 0.3) is 0 Å². The van der Waals surface area contributed by atoms with Crippen molar-refractivity contribution in [2.24, 2.45) is 0 Å². The lowest BCUT2D eigenvalue weighted by Crippen LogP contribution is -2.35. The smallest absolute Gasteiger partial charge is 0.170 e. The average Bonchev–Trinajstić information content (AvgIpc) is 2.07. The molecule has 0 spiro atoms. The molecule has 1 heterocycles. The number of ketones is 1. The molecule has 80 valence electrons. The normalized spacial score (nSPS) is 18.3. The number of Topliss-reactive ketones (excluding diaryl/α,β-unsaturated/α-hetero) is 1. The van der Waals surface area contributed by atoms with Gasteiger partial charge in [-0.3, -0.25) is 4.79 Å². The summed E-state index contributed by atoms with van der Waals surface area (Å²) in [6.45, 7) is 3.74. The van der Waals surface area contributed by atoms with Crippen LogP contribution in [0.2, 0.25) is 10.0 Å². The Kier molecular flexibility index (Phi) is 2.44. The van der Waals surface area contributed by atoms with Crippen molar-refractivity contribution in [1.29, 1.82) is 0 Å². The van der Waals surface area contributed by atoms with Crippen LogP contribution < -0.4 is 4.74 Å². The van der Waals surface area contributed by atoms with Crippen LogP contribution in [-0.4, -0.2) is 11.4 Å². The van der Waals surface area contributed by atoms with Crippen molar-refractivity contribution in [2.45, 2.75) is 25.9 Å². The van der Waals surface area contributed by atoms with E-state index in [1.54, 1.807) is 12.1 Å². The topological polar surface area (TPSA) is 26.3 Å². The maximum Gasteiger partial charge on any atom is 0.170 e. The van der Waals surface area contributed by atoms with Crippen LogP contribution in [0.4, 0.5) is 0 Å². The highest BCUT2D eigenvalue weighted by molar-refractivity contribution is 6.42. The van der Waals surface area contributed by atoms with Gasteiger partial charge in [-0.25, -0.2) is 0 Å². The predicted molar refractivity (Wildman–Crippen MR) is 60.1 cm³/mol. The summed E-state index contributed by atoms with van der Waals surface area (Å²) >= 11 is 11.7. The number of rotatable bonds is 0. The molecule has 0 saturated heterocycles. The minimum Gasteiger partial charge on any atom is -0.487 e. The molecule has 4 heteroatoms. The Morgan fingerprint density at radius 1 is 1.27 bits per heavy atom. The molecule has 0 aliphatic carbocycles. The average molecular weight is 245 g/mol. The minimum atomic E-state index is -0.471. The Morgan fingerprint density at radius 3 is 2.53 bits per heavy atom. The molecule has 0 N–H and O–H groups in total. The molecule has 0 saturated carbocycles. The molecule has 15 heavy (non-hydrogen) atoms. The zero-order chi connectivity index (χ0) is 11.2. The molecule has 0 atom stereocenters. The molecule has 2 nitrogen and oxygen atoms in total. The van der Waals surface area contributed by atoms with Gasteiger partial charge in [0.25, 0.3) is 0 Å². The summed E-state index contributed by atoms with van der Waals surface area (Å²) in [5.41, 5.74) is 0.0463. The van der Waals surface area contributed by atoms with E-state index in [0.29, 0.717) is 27.8 Å². The molecule has 1 aromatic carbocycles. The second kappa shape index (κ2) is 3.39. The molecule has 1 aliphatic heterocycles. The molecular weight excluding hydrogens is 235 g/mol. The van der Waals surface area contributed by atoms with Crippen molar-refractivity contribution >= 4 is 29.0 Å². The van der Waals surface area contributed by atoms with E-state index >= 15 is 0 Å². The summed E-state index contributed by atoms with van der Waals surface area (Å²) in [6.07, 6.45) is 0.359. The molecule has 0 bridgehead atoms. The van der Waals surface area contributed by atoms with Crippen LogP contribution >= 0.6 is 23.2 Å². The third kappa shape index (κ3) is 1.97. The van der Waals surface area contributed by atoms with E-state index in [1.807, 2.05) is 13.8 Å². The second-order valence-corrected chi connectivity index (χ2v) is 5.04. The summed E-state index contributed by atoms with van der Waals surface area (Å²) in [7, 11) is 0. The number of hydrogen-bond donors (Lipinski definition) is 0. The molecule has 0 unspecified atom stereocenters. The minimum absolute atomic E-state index is 0.0415. The van der Waals surface area contributed by atoms with E-state index in [-0.39, 0.29) is 5.78 Å². The molecule has 1 aliphatic rings. The Hall–Kier alpha value is -0.730. The third-order valence-corrected chi connectivity index (χ3v) is 3.02. The van der Waals surface area contributed by atoms with Crippen LogP contribution in [-0.2, 0) is 0 Å². The lowest BCUT2D eigenvalue weighted by atomic mass is 9.93. The first-order chi connectivity index (χ1) is 6.89. The van der Waals surface area contributed by atoms with Gasteiger partial charge >= 0.3 is 0 Å². The molecular formula is C11H10Cl2O2. The SMILES string of the molecule is CC1(C)CC(=O)c2cc(Cl)c(Cl)cc2O1. The van der Waals surface area contributed by atoms with Gasteiger partial charge in [-0.15, -0.1) is 0 Å². The summed E-state index contributed by atoms with van der Waals surface area (Å²) < 4.78 is 5.66. The lowest BCUT2D eigenvalue weighted by molar-refractivity contribution is 0.0620. The first-order valence-electron chi connectivity index (χ1n) is 4.60. The molecule has 1 aromatic rings. The Morgan fingerprint density at radius 2 is 1.87 bits per heavy atom. The number of carbonyl (C=O) groups excluding carboxylic acids is 1. The summed E-state index contributed by atoms with van der Waals surface area (Å²) in [5, 5.41) is 0.785. The number of benzene rings is 1. The summed E-state index contributed by atoms with van der Waals surface area (Å²) in [6, 6.07) is 3.16. The van der Waals surface area contributed by atoms with Gasteiger partial charge in [0, 0.05) is 6.07 Å². The number of carbonyl (C=O) groups is 1.